The Morgan fingerprint density at radius 1 is 0.818 bits per heavy atom. The first kappa shape index (κ1) is 16.1. The van der Waals surface area contributed by atoms with Crippen molar-refractivity contribution in [3.05, 3.63) is 65.7 Å². The summed E-state index contributed by atoms with van der Waals surface area (Å²) < 4.78 is 0. The molecule has 0 aliphatic rings. The van der Waals surface area contributed by atoms with Gasteiger partial charge in [0.15, 0.2) is 0 Å². The van der Waals surface area contributed by atoms with E-state index in [1.54, 1.807) is 24.3 Å². The topological polar surface area (TPSA) is 60.7 Å². The Kier molecular flexibility index (Phi) is 6.04. The molecule has 0 aromatic heterocycles. The Hall–Kier alpha value is -2.26. The van der Waals surface area contributed by atoms with Crippen LogP contribution in [0.5, 0.6) is 11.5 Å². The van der Waals surface area contributed by atoms with Gasteiger partial charge in [0.1, 0.15) is 11.5 Å². The van der Waals surface area contributed by atoms with Crippen LogP contribution in [0.1, 0.15) is 30.4 Å². The number of rotatable bonds is 7. The van der Waals surface area contributed by atoms with E-state index in [9.17, 15) is 15.3 Å². The van der Waals surface area contributed by atoms with Gasteiger partial charge in [-0.15, -0.1) is 0 Å². The monoisotopic (exact) mass is 298 g/mol. The first-order valence-corrected chi connectivity index (χ1v) is 7.55. The second-order valence-electron chi connectivity index (χ2n) is 5.43. The number of aromatic hydroxyl groups is 2. The molecule has 0 aliphatic carbocycles. The van der Waals surface area contributed by atoms with Crippen molar-refractivity contribution >= 4 is 6.08 Å². The quantitative estimate of drug-likeness (QED) is 0.727. The lowest BCUT2D eigenvalue weighted by Gasteiger charge is -2.09. The van der Waals surface area contributed by atoms with Gasteiger partial charge in [-0.1, -0.05) is 36.4 Å². The smallest absolute Gasteiger partial charge is 0.115 e. The average Bonchev–Trinajstić information content (AvgIpc) is 2.53. The minimum atomic E-state index is -0.321. The first-order valence-electron chi connectivity index (χ1n) is 7.55. The zero-order valence-corrected chi connectivity index (χ0v) is 12.5. The van der Waals surface area contributed by atoms with Gasteiger partial charge in [-0.05, 0) is 61.1 Å². The lowest BCUT2D eigenvalue weighted by Crippen LogP contribution is -2.07. The minimum Gasteiger partial charge on any atom is -0.508 e. The summed E-state index contributed by atoms with van der Waals surface area (Å²) in [6, 6.07) is 14.1. The van der Waals surface area contributed by atoms with E-state index >= 15 is 0 Å². The fourth-order valence-corrected chi connectivity index (χ4v) is 2.23. The third kappa shape index (κ3) is 5.62. The van der Waals surface area contributed by atoms with Crippen LogP contribution < -0.4 is 0 Å². The molecule has 2 aromatic rings. The Morgan fingerprint density at radius 3 is 2.05 bits per heavy atom. The van der Waals surface area contributed by atoms with Gasteiger partial charge in [0.05, 0.1) is 6.10 Å². The van der Waals surface area contributed by atoms with Crippen molar-refractivity contribution < 1.29 is 15.3 Å². The van der Waals surface area contributed by atoms with Crippen LogP contribution in [0.15, 0.2) is 54.6 Å². The molecule has 116 valence electrons. The van der Waals surface area contributed by atoms with Crippen LogP contribution in [-0.4, -0.2) is 21.4 Å². The van der Waals surface area contributed by atoms with Crippen LogP contribution in [-0.2, 0) is 6.42 Å². The van der Waals surface area contributed by atoms with E-state index in [2.05, 4.69) is 0 Å². The van der Waals surface area contributed by atoms with Crippen molar-refractivity contribution in [3.8, 4) is 11.5 Å². The SMILES string of the molecule is Oc1ccc(C=CCC[C@H](O)CCc2ccc(O)cc2)cc1. The molecule has 0 bridgehead atoms. The molecule has 0 fully saturated rings. The van der Waals surface area contributed by atoms with Crippen molar-refractivity contribution in [3.63, 3.8) is 0 Å². The summed E-state index contributed by atoms with van der Waals surface area (Å²) in [6.45, 7) is 0. The Labute approximate surface area is 131 Å². The highest BCUT2D eigenvalue weighted by Gasteiger charge is 2.03. The molecule has 0 spiro atoms. The zero-order chi connectivity index (χ0) is 15.8. The van der Waals surface area contributed by atoms with E-state index < -0.39 is 0 Å². The summed E-state index contributed by atoms with van der Waals surface area (Å²) in [5.41, 5.74) is 2.16. The van der Waals surface area contributed by atoms with Crippen LogP contribution in [0, 0.1) is 0 Å². The maximum absolute atomic E-state index is 9.98. The van der Waals surface area contributed by atoms with Crippen LogP contribution in [0.4, 0.5) is 0 Å². The third-order valence-electron chi connectivity index (χ3n) is 3.57. The maximum Gasteiger partial charge on any atom is 0.115 e. The molecular formula is C19H22O3. The van der Waals surface area contributed by atoms with Crippen molar-refractivity contribution in [2.45, 2.75) is 31.8 Å². The van der Waals surface area contributed by atoms with E-state index in [1.807, 2.05) is 36.4 Å². The molecule has 0 radical (unpaired) electrons. The van der Waals surface area contributed by atoms with Crippen molar-refractivity contribution in [1.29, 1.82) is 0 Å². The zero-order valence-electron chi connectivity index (χ0n) is 12.5. The Morgan fingerprint density at radius 2 is 1.41 bits per heavy atom. The summed E-state index contributed by atoms with van der Waals surface area (Å²) in [7, 11) is 0. The van der Waals surface area contributed by atoms with E-state index in [4.69, 9.17) is 0 Å². The number of allylic oxidation sites excluding steroid dienone is 1. The number of aryl methyl sites for hydroxylation is 1. The van der Waals surface area contributed by atoms with Gasteiger partial charge in [-0.2, -0.15) is 0 Å². The highest BCUT2D eigenvalue weighted by molar-refractivity contribution is 5.50. The van der Waals surface area contributed by atoms with Crippen LogP contribution in [0.2, 0.25) is 0 Å². The molecule has 0 saturated heterocycles. The van der Waals surface area contributed by atoms with Crippen molar-refractivity contribution in [1.82, 2.24) is 0 Å². The summed E-state index contributed by atoms with van der Waals surface area (Å²) in [5.74, 6) is 0.533. The summed E-state index contributed by atoms with van der Waals surface area (Å²) >= 11 is 0. The molecule has 1 atom stereocenters. The number of phenolic OH excluding ortho intramolecular Hbond substituents is 2. The highest BCUT2D eigenvalue weighted by Crippen LogP contribution is 2.14. The average molecular weight is 298 g/mol. The van der Waals surface area contributed by atoms with Crippen molar-refractivity contribution in [2.24, 2.45) is 0 Å². The standard InChI is InChI=1S/C19H22O3/c20-17(10-7-16-8-13-19(22)14-9-16)4-2-1-3-15-5-11-18(21)12-6-15/h1,3,5-6,8-9,11-14,17,20-22H,2,4,7,10H2/t17-/m0/s1. The van der Waals surface area contributed by atoms with Crippen LogP contribution in [0.3, 0.4) is 0 Å². The number of hydrogen-bond acceptors (Lipinski definition) is 3. The molecular weight excluding hydrogens is 276 g/mol. The lowest BCUT2D eigenvalue weighted by molar-refractivity contribution is 0.156. The second-order valence-corrected chi connectivity index (χ2v) is 5.43. The molecule has 0 saturated carbocycles. The summed E-state index contributed by atoms with van der Waals surface area (Å²) in [5, 5.41) is 28.4. The molecule has 0 amide bonds. The van der Waals surface area contributed by atoms with Crippen LogP contribution >= 0.6 is 0 Å². The number of aliphatic hydroxyl groups is 1. The number of phenols is 2. The van der Waals surface area contributed by atoms with Gasteiger partial charge >= 0.3 is 0 Å². The Balaban J connectivity index is 1.68. The highest BCUT2D eigenvalue weighted by atomic mass is 16.3. The van der Waals surface area contributed by atoms with Crippen molar-refractivity contribution in [2.75, 3.05) is 0 Å². The third-order valence-corrected chi connectivity index (χ3v) is 3.57. The lowest BCUT2D eigenvalue weighted by atomic mass is 10.0. The second kappa shape index (κ2) is 8.25. The number of hydrogen-bond donors (Lipinski definition) is 3. The van der Waals surface area contributed by atoms with Gasteiger partial charge in [-0.25, -0.2) is 0 Å². The molecule has 0 heterocycles. The van der Waals surface area contributed by atoms with Gasteiger partial charge in [0, 0.05) is 0 Å². The first-order chi connectivity index (χ1) is 10.6. The Bertz CT molecular complexity index is 585. The van der Waals surface area contributed by atoms with Gasteiger partial charge < -0.3 is 15.3 Å². The fourth-order valence-electron chi connectivity index (χ4n) is 2.23. The van der Waals surface area contributed by atoms with E-state index in [1.165, 1.54) is 0 Å². The summed E-state index contributed by atoms with van der Waals surface area (Å²) in [4.78, 5) is 0. The van der Waals surface area contributed by atoms with Gasteiger partial charge in [0.2, 0.25) is 0 Å². The van der Waals surface area contributed by atoms with E-state index in [0.717, 1.165) is 36.8 Å². The normalized spacial score (nSPS) is 12.6. The van der Waals surface area contributed by atoms with E-state index in [-0.39, 0.29) is 17.6 Å². The largest absolute Gasteiger partial charge is 0.508 e. The molecule has 3 heteroatoms. The minimum absolute atomic E-state index is 0.266. The molecule has 0 unspecified atom stereocenters. The molecule has 3 nitrogen and oxygen atoms in total. The predicted octanol–water partition coefficient (Wildman–Crippen LogP) is 3.88. The molecule has 22 heavy (non-hydrogen) atoms. The van der Waals surface area contributed by atoms with E-state index in [0.29, 0.717) is 0 Å². The molecule has 2 rings (SSSR count). The van der Waals surface area contributed by atoms with Crippen LogP contribution in [0.25, 0.3) is 6.08 Å². The number of aliphatic hydroxyl groups excluding tert-OH is 1. The number of benzene rings is 2. The predicted molar refractivity (Wildman–Crippen MR) is 88.8 cm³/mol. The van der Waals surface area contributed by atoms with Gasteiger partial charge in [0.25, 0.3) is 0 Å². The fraction of sp³-hybridized carbons (Fsp3) is 0.263. The maximum atomic E-state index is 9.98. The molecule has 0 aliphatic heterocycles. The molecule has 3 N–H and O–H groups in total. The van der Waals surface area contributed by atoms with Gasteiger partial charge in [-0.3, -0.25) is 0 Å². The summed E-state index contributed by atoms with van der Waals surface area (Å²) in [6.07, 6.45) is 6.78. The molecule has 2 aromatic carbocycles.